The highest BCUT2D eigenvalue weighted by atomic mass is 32.2. The van der Waals surface area contributed by atoms with Gasteiger partial charge in [0.25, 0.3) is 0 Å². The fourth-order valence-corrected chi connectivity index (χ4v) is 4.90. The van der Waals surface area contributed by atoms with Crippen molar-refractivity contribution in [2.24, 2.45) is 0 Å². The maximum atomic E-state index is 12.8. The number of esters is 1. The molecule has 1 fully saturated rings. The molecule has 0 atom stereocenters. The number of hydrogen-bond donors (Lipinski definition) is 0. The first-order chi connectivity index (χ1) is 15.0. The molecule has 0 N–H and O–H groups in total. The molecule has 4 rings (SSSR count). The fraction of sp³-hybridized carbons (Fsp3) is 0.261. The van der Waals surface area contributed by atoms with E-state index in [-0.39, 0.29) is 17.1 Å². The van der Waals surface area contributed by atoms with Gasteiger partial charge in [-0.25, -0.2) is 13.2 Å². The average Bonchev–Trinajstić information content (AvgIpc) is 2.82. The van der Waals surface area contributed by atoms with E-state index < -0.39 is 16.0 Å². The van der Waals surface area contributed by atoms with Crippen LogP contribution in [0.15, 0.2) is 65.6 Å². The molecule has 0 radical (unpaired) electrons. The van der Waals surface area contributed by atoms with Gasteiger partial charge in [0.05, 0.1) is 30.8 Å². The minimum absolute atomic E-state index is 0.0727. The first-order valence-corrected chi connectivity index (χ1v) is 11.3. The van der Waals surface area contributed by atoms with Gasteiger partial charge in [0.15, 0.2) is 0 Å². The number of fused-ring (bicyclic) bond motifs is 1. The van der Waals surface area contributed by atoms with Crippen LogP contribution in [0.3, 0.4) is 0 Å². The molecular weight excluding hydrogens is 418 g/mol. The summed E-state index contributed by atoms with van der Waals surface area (Å²) in [6.45, 7) is 1.40. The Balaban J connectivity index is 1.46. The van der Waals surface area contributed by atoms with E-state index >= 15 is 0 Å². The highest BCUT2D eigenvalue weighted by molar-refractivity contribution is 7.89. The predicted octanol–water partition coefficient (Wildman–Crippen LogP) is 3.23. The molecule has 162 valence electrons. The third kappa shape index (κ3) is 4.71. The van der Waals surface area contributed by atoms with Crippen molar-refractivity contribution in [2.75, 3.05) is 33.4 Å². The van der Waals surface area contributed by atoms with Crippen LogP contribution in [0.5, 0.6) is 5.75 Å². The first-order valence-electron chi connectivity index (χ1n) is 9.89. The topological polar surface area (TPSA) is 82.1 Å². The Labute approximate surface area is 181 Å². The van der Waals surface area contributed by atoms with Gasteiger partial charge in [-0.05, 0) is 52.7 Å². The lowest BCUT2D eigenvalue weighted by molar-refractivity contribution is 0.0472. The van der Waals surface area contributed by atoms with E-state index in [4.69, 9.17) is 14.2 Å². The summed E-state index contributed by atoms with van der Waals surface area (Å²) in [5, 5.41) is 2.03. The molecule has 7 nitrogen and oxygen atoms in total. The van der Waals surface area contributed by atoms with Crippen LogP contribution in [-0.2, 0) is 26.1 Å². The fourth-order valence-electron chi connectivity index (χ4n) is 3.44. The van der Waals surface area contributed by atoms with Crippen molar-refractivity contribution in [3.05, 3.63) is 71.8 Å². The second kappa shape index (κ2) is 9.05. The zero-order valence-corrected chi connectivity index (χ0v) is 17.9. The summed E-state index contributed by atoms with van der Waals surface area (Å²) < 4.78 is 42.9. The molecule has 0 saturated carbocycles. The molecule has 0 aliphatic carbocycles. The van der Waals surface area contributed by atoms with E-state index in [1.165, 1.54) is 16.4 Å². The summed E-state index contributed by atoms with van der Waals surface area (Å²) >= 11 is 0. The van der Waals surface area contributed by atoms with Crippen molar-refractivity contribution < 1.29 is 27.4 Å². The van der Waals surface area contributed by atoms with Gasteiger partial charge in [0.1, 0.15) is 12.4 Å². The van der Waals surface area contributed by atoms with Crippen LogP contribution in [0.1, 0.15) is 15.9 Å². The molecule has 1 aliphatic heterocycles. The van der Waals surface area contributed by atoms with Gasteiger partial charge in [-0.3, -0.25) is 0 Å². The van der Waals surface area contributed by atoms with Crippen molar-refractivity contribution in [2.45, 2.75) is 11.5 Å². The SMILES string of the molecule is COc1ccc2cc(COC(=O)c3cccc(S(=O)(=O)N4CCOCC4)c3)ccc2c1. The number of benzene rings is 3. The predicted molar refractivity (Wildman–Crippen MR) is 116 cm³/mol. The van der Waals surface area contributed by atoms with Crippen LogP contribution < -0.4 is 4.74 Å². The van der Waals surface area contributed by atoms with Gasteiger partial charge < -0.3 is 14.2 Å². The number of hydrogen-bond acceptors (Lipinski definition) is 6. The number of carbonyl (C=O) groups is 1. The van der Waals surface area contributed by atoms with E-state index in [0.29, 0.717) is 26.3 Å². The van der Waals surface area contributed by atoms with Gasteiger partial charge in [-0.15, -0.1) is 0 Å². The number of nitrogens with zero attached hydrogens (tertiary/aromatic N) is 1. The van der Waals surface area contributed by atoms with Crippen LogP contribution in [0, 0.1) is 0 Å². The largest absolute Gasteiger partial charge is 0.497 e. The molecule has 1 heterocycles. The van der Waals surface area contributed by atoms with Crippen LogP contribution >= 0.6 is 0 Å². The van der Waals surface area contributed by atoms with Crippen LogP contribution in [0.2, 0.25) is 0 Å². The smallest absolute Gasteiger partial charge is 0.338 e. The lowest BCUT2D eigenvalue weighted by Crippen LogP contribution is -2.40. The summed E-state index contributed by atoms with van der Waals surface area (Å²) in [5.41, 5.74) is 1.03. The normalized spacial score (nSPS) is 15.0. The number of sulfonamides is 1. The van der Waals surface area contributed by atoms with Crippen LogP contribution in [0.25, 0.3) is 10.8 Å². The molecule has 0 spiro atoms. The number of ether oxygens (including phenoxy) is 3. The summed E-state index contributed by atoms with van der Waals surface area (Å²) in [6.07, 6.45) is 0. The van der Waals surface area contributed by atoms with E-state index in [9.17, 15) is 13.2 Å². The van der Waals surface area contributed by atoms with Gasteiger partial charge in [0, 0.05) is 13.1 Å². The van der Waals surface area contributed by atoms with E-state index in [1.54, 1.807) is 19.2 Å². The molecule has 3 aromatic rings. The Morgan fingerprint density at radius 2 is 1.74 bits per heavy atom. The van der Waals surface area contributed by atoms with Crippen molar-refractivity contribution in [1.82, 2.24) is 4.31 Å². The van der Waals surface area contributed by atoms with Gasteiger partial charge in [-0.1, -0.05) is 24.3 Å². The molecule has 1 aliphatic rings. The Hall–Kier alpha value is -2.94. The molecule has 31 heavy (non-hydrogen) atoms. The summed E-state index contributed by atoms with van der Waals surface area (Å²) in [7, 11) is -2.06. The molecule has 0 unspecified atom stereocenters. The third-order valence-corrected chi connectivity index (χ3v) is 7.05. The van der Waals surface area contributed by atoms with Gasteiger partial charge in [0.2, 0.25) is 10.0 Å². The number of methoxy groups -OCH3 is 1. The monoisotopic (exact) mass is 441 g/mol. The first kappa shape index (κ1) is 21.3. The second-order valence-electron chi connectivity index (χ2n) is 7.17. The zero-order chi connectivity index (χ0) is 21.8. The summed E-state index contributed by atoms with van der Waals surface area (Å²) in [4.78, 5) is 12.6. The zero-order valence-electron chi connectivity index (χ0n) is 17.1. The number of carbonyl (C=O) groups excluding carboxylic acids is 1. The molecule has 0 amide bonds. The van der Waals surface area contributed by atoms with Crippen LogP contribution in [0.4, 0.5) is 0 Å². The standard InChI is InChI=1S/C23H23NO6S/c1-28-21-8-7-18-13-17(5-6-19(18)14-21)16-30-23(25)20-3-2-4-22(15-20)31(26,27)24-9-11-29-12-10-24/h2-8,13-15H,9-12,16H2,1H3. The lowest BCUT2D eigenvalue weighted by Gasteiger charge is -2.26. The minimum Gasteiger partial charge on any atom is -0.497 e. The van der Waals surface area contributed by atoms with E-state index in [2.05, 4.69) is 0 Å². The maximum Gasteiger partial charge on any atom is 0.338 e. The van der Waals surface area contributed by atoms with Crippen molar-refractivity contribution >= 4 is 26.8 Å². The summed E-state index contributed by atoms with van der Waals surface area (Å²) in [5.74, 6) is 0.201. The van der Waals surface area contributed by atoms with Crippen molar-refractivity contribution in [3.63, 3.8) is 0 Å². The molecule has 0 aromatic heterocycles. The third-order valence-electron chi connectivity index (χ3n) is 5.16. The highest BCUT2D eigenvalue weighted by Crippen LogP contribution is 2.23. The Morgan fingerprint density at radius 1 is 1.00 bits per heavy atom. The van der Waals surface area contributed by atoms with Gasteiger partial charge in [-0.2, -0.15) is 4.31 Å². The van der Waals surface area contributed by atoms with E-state index in [0.717, 1.165) is 22.1 Å². The average molecular weight is 442 g/mol. The summed E-state index contributed by atoms with van der Waals surface area (Å²) in [6, 6.07) is 17.5. The highest BCUT2D eigenvalue weighted by Gasteiger charge is 2.27. The molecule has 0 bridgehead atoms. The Morgan fingerprint density at radius 3 is 2.52 bits per heavy atom. The molecule has 3 aromatic carbocycles. The minimum atomic E-state index is -3.68. The molecule has 1 saturated heterocycles. The van der Waals surface area contributed by atoms with Crippen molar-refractivity contribution in [3.8, 4) is 5.75 Å². The molecule has 8 heteroatoms. The van der Waals surface area contributed by atoms with Crippen LogP contribution in [-0.4, -0.2) is 52.1 Å². The van der Waals surface area contributed by atoms with Gasteiger partial charge >= 0.3 is 5.97 Å². The molecular formula is C23H23NO6S. The number of rotatable bonds is 6. The quantitative estimate of drug-likeness (QED) is 0.547. The van der Waals surface area contributed by atoms with E-state index in [1.807, 2.05) is 36.4 Å². The number of morpholine rings is 1. The lowest BCUT2D eigenvalue weighted by atomic mass is 10.1. The maximum absolute atomic E-state index is 12.8. The Kier molecular flexibility index (Phi) is 6.22. The Bertz CT molecular complexity index is 1200. The second-order valence-corrected chi connectivity index (χ2v) is 9.11. The van der Waals surface area contributed by atoms with Crippen molar-refractivity contribution in [1.29, 1.82) is 0 Å².